The number of carbonyl (C=O) groups is 1. The molecule has 2 aliphatic rings. The second-order valence-corrected chi connectivity index (χ2v) is 11.6. The molecule has 1 atom stereocenters. The minimum Gasteiger partial charge on any atom is -0.373 e. The Morgan fingerprint density at radius 2 is 1.76 bits per heavy atom. The zero-order valence-corrected chi connectivity index (χ0v) is 25.5. The number of ether oxygens (including phenoxy) is 1. The Hall–Kier alpha value is -5.32. The molecule has 7 rings (SSSR count). The molecule has 0 bridgehead atoms. The number of morpholine rings is 1. The van der Waals surface area contributed by atoms with Crippen molar-refractivity contribution in [2.75, 3.05) is 50.8 Å². The number of fused-ring (bicyclic) bond motifs is 1. The number of piperazine rings is 1. The number of nitriles is 1. The van der Waals surface area contributed by atoms with E-state index in [0.29, 0.717) is 54.7 Å². The zero-order chi connectivity index (χ0) is 31.5. The van der Waals surface area contributed by atoms with Crippen LogP contribution in [0, 0.1) is 11.3 Å². The van der Waals surface area contributed by atoms with Crippen LogP contribution in [0.1, 0.15) is 18.1 Å². The summed E-state index contributed by atoms with van der Waals surface area (Å²) in [7, 11) is 0. The molecule has 13 nitrogen and oxygen atoms in total. The molecule has 46 heavy (non-hydrogen) atoms. The molecule has 5 aromatic rings. The summed E-state index contributed by atoms with van der Waals surface area (Å²) in [6.45, 7) is 8.11. The van der Waals surface area contributed by atoms with E-state index in [1.807, 2.05) is 29.4 Å². The van der Waals surface area contributed by atoms with Crippen molar-refractivity contribution in [2.45, 2.75) is 26.1 Å². The molecule has 13 heteroatoms. The highest BCUT2D eigenvalue weighted by molar-refractivity contribution is 5.73. The monoisotopic (exact) mass is 615 g/mol. The van der Waals surface area contributed by atoms with E-state index in [1.54, 1.807) is 29.9 Å². The summed E-state index contributed by atoms with van der Waals surface area (Å²) in [5, 5.41) is 17.8. The third kappa shape index (κ3) is 6.39. The fraction of sp³-hybridized carbons (Fsp3) is 0.333. The predicted octanol–water partition coefficient (Wildman–Crippen LogP) is 2.79. The Balaban J connectivity index is 0.980. The van der Waals surface area contributed by atoms with Gasteiger partial charge in [-0.1, -0.05) is 41.6 Å². The van der Waals surface area contributed by atoms with Crippen molar-refractivity contribution >= 4 is 23.1 Å². The first-order valence-electron chi connectivity index (χ1n) is 15.3. The first-order chi connectivity index (χ1) is 22.5. The van der Waals surface area contributed by atoms with Gasteiger partial charge in [0.25, 0.3) is 0 Å². The SMILES string of the molecule is CC(=O)N1CCN(Cc2ccc(-c3cnc(N4CCO[C@H](Cn5nnc6ncc(-c7cccc(C#N)c7)nc65)C4)nc3)cc2)CC1. The summed E-state index contributed by atoms with van der Waals surface area (Å²) in [6.07, 6.45) is 5.21. The molecular formula is C33H33N11O2. The second-order valence-electron chi connectivity index (χ2n) is 11.6. The lowest BCUT2D eigenvalue weighted by Gasteiger charge is -2.34. The number of benzene rings is 2. The Morgan fingerprint density at radius 1 is 0.957 bits per heavy atom. The Labute approximate surface area is 266 Å². The van der Waals surface area contributed by atoms with Gasteiger partial charge < -0.3 is 14.5 Å². The van der Waals surface area contributed by atoms with Crippen LogP contribution in [0.15, 0.2) is 67.1 Å². The fourth-order valence-electron chi connectivity index (χ4n) is 5.89. The summed E-state index contributed by atoms with van der Waals surface area (Å²) in [6, 6.07) is 18.0. The fourth-order valence-corrected chi connectivity index (χ4v) is 5.89. The van der Waals surface area contributed by atoms with Gasteiger partial charge in [0.2, 0.25) is 17.5 Å². The summed E-state index contributed by atoms with van der Waals surface area (Å²) in [4.78, 5) is 36.6. The smallest absolute Gasteiger partial charge is 0.225 e. The topological polar surface area (TPSA) is 142 Å². The predicted molar refractivity (Wildman–Crippen MR) is 170 cm³/mol. The number of hydrogen-bond acceptors (Lipinski definition) is 11. The molecule has 2 aliphatic heterocycles. The first-order valence-corrected chi connectivity index (χ1v) is 15.3. The van der Waals surface area contributed by atoms with Gasteiger partial charge in [-0.3, -0.25) is 9.69 Å². The van der Waals surface area contributed by atoms with Crippen LogP contribution in [0.5, 0.6) is 0 Å². The van der Waals surface area contributed by atoms with Crippen LogP contribution >= 0.6 is 0 Å². The minimum absolute atomic E-state index is 0.150. The summed E-state index contributed by atoms with van der Waals surface area (Å²) < 4.78 is 7.80. The number of anilines is 1. The van der Waals surface area contributed by atoms with Gasteiger partial charge in [0.05, 0.1) is 42.8 Å². The third-order valence-corrected chi connectivity index (χ3v) is 8.46. The van der Waals surface area contributed by atoms with E-state index in [9.17, 15) is 10.1 Å². The standard InChI is InChI=1S/C33H33N11O2/c1-23(45)42-11-9-41(10-12-42)20-24-5-7-26(8-6-24)28-17-36-33(37-18-28)43-13-14-46-29(21-43)22-44-32-31(39-40-44)35-19-30(38-32)27-4-2-3-25(15-27)16-34/h2-8,15,17-19,29H,9-14,20-22H2,1H3/t29-/m0/s1. The van der Waals surface area contributed by atoms with Crippen LogP contribution in [0.3, 0.4) is 0 Å². The van der Waals surface area contributed by atoms with E-state index in [-0.39, 0.29) is 12.0 Å². The average Bonchev–Trinajstić information content (AvgIpc) is 3.50. The van der Waals surface area contributed by atoms with Gasteiger partial charge in [-0.2, -0.15) is 5.26 Å². The van der Waals surface area contributed by atoms with Crippen molar-refractivity contribution < 1.29 is 9.53 Å². The number of hydrogen-bond donors (Lipinski definition) is 0. The third-order valence-electron chi connectivity index (χ3n) is 8.46. The number of nitrogens with zero attached hydrogens (tertiary/aromatic N) is 11. The highest BCUT2D eigenvalue weighted by Crippen LogP contribution is 2.23. The number of carbonyl (C=O) groups excluding carboxylic acids is 1. The van der Waals surface area contributed by atoms with Crippen molar-refractivity contribution in [1.82, 2.24) is 44.7 Å². The maximum atomic E-state index is 11.6. The Morgan fingerprint density at radius 3 is 2.52 bits per heavy atom. The van der Waals surface area contributed by atoms with Gasteiger partial charge in [-0.05, 0) is 23.3 Å². The van der Waals surface area contributed by atoms with Crippen LogP contribution in [-0.4, -0.2) is 103 Å². The first kappa shape index (κ1) is 29.4. The van der Waals surface area contributed by atoms with Crippen LogP contribution in [0.2, 0.25) is 0 Å². The van der Waals surface area contributed by atoms with Gasteiger partial charge in [-0.25, -0.2) is 24.6 Å². The molecule has 2 aromatic carbocycles. The minimum atomic E-state index is -0.174. The molecule has 0 N–H and O–H groups in total. The highest BCUT2D eigenvalue weighted by atomic mass is 16.5. The van der Waals surface area contributed by atoms with E-state index in [2.05, 4.69) is 55.4 Å². The van der Waals surface area contributed by atoms with E-state index in [1.165, 1.54) is 5.56 Å². The van der Waals surface area contributed by atoms with Crippen LogP contribution in [0.4, 0.5) is 5.95 Å². The Kier molecular flexibility index (Phi) is 8.28. The zero-order valence-electron chi connectivity index (χ0n) is 25.5. The number of amides is 1. The number of rotatable bonds is 7. The molecule has 0 unspecified atom stereocenters. The van der Waals surface area contributed by atoms with Gasteiger partial charge >= 0.3 is 0 Å². The lowest BCUT2D eigenvalue weighted by Crippen LogP contribution is -2.47. The summed E-state index contributed by atoms with van der Waals surface area (Å²) in [5.74, 6) is 0.804. The van der Waals surface area contributed by atoms with E-state index < -0.39 is 0 Å². The molecule has 2 fully saturated rings. The average molecular weight is 616 g/mol. The largest absolute Gasteiger partial charge is 0.373 e. The van der Waals surface area contributed by atoms with Gasteiger partial charge in [0.15, 0.2) is 5.65 Å². The molecule has 0 spiro atoms. The molecular weight excluding hydrogens is 582 g/mol. The lowest BCUT2D eigenvalue weighted by molar-refractivity contribution is -0.130. The van der Waals surface area contributed by atoms with Crippen LogP contribution < -0.4 is 4.90 Å². The second kappa shape index (κ2) is 13.0. The summed E-state index contributed by atoms with van der Waals surface area (Å²) >= 11 is 0. The molecule has 2 saturated heterocycles. The van der Waals surface area contributed by atoms with Gasteiger partial charge in [-0.15, -0.1) is 5.10 Å². The van der Waals surface area contributed by atoms with Crippen molar-refractivity contribution in [3.8, 4) is 28.5 Å². The van der Waals surface area contributed by atoms with Gasteiger partial charge in [0.1, 0.15) is 0 Å². The maximum Gasteiger partial charge on any atom is 0.225 e. The van der Waals surface area contributed by atoms with Crippen molar-refractivity contribution in [3.63, 3.8) is 0 Å². The van der Waals surface area contributed by atoms with Gasteiger partial charge in [0, 0.05) is 76.3 Å². The van der Waals surface area contributed by atoms with Crippen LogP contribution in [-0.2, 0) is 22.6 Å². The molecule has 1 amide bonds. The molecule has 232 valence electrons. The maximum absolute atomic E-state index is 11.6. The normalized spacial score (nSPS) is 17.3. The molecule has 3 aromatic heterocycles. The quantitative estimate of drug-likeness (QED) is 0.267. The molecule has 0 aliphatic carbocycles. The van der Waals surface area contributed by atoms with E-state index in [0.717, 1.165) is 49.4 Å². The lowest BCUT2D eigenvalue weighted by atomic mass is 10.1. The van der Waals surface area contributed by atoms with Crippen molar-refractivity contribution in [1.29, 1.82) is 5.26 Å². The van der Waals surface area contributed by atoms with Crippen molar-refractivity contribution in [3.05, 3.63) is 78.2 Å². The highest BCUT2D eigenvalue weighted by Gasteiger charge is 2.25. The molecule has 5 heterocycles. The van der Waals surface area contributed by atoms with E-state index in [4.69, 9.17) is 19.7 Å². The van der Waals surface area contributed by atoms with Crippen molar-refractivity contribution in [2.24, 2.45) is 0 Å². The Bertz CT molecular complexity index is 1880. The molecule has 0 radical (unpaired) electrons. The van der Waals surface area contributed by atoms with E-state index >= 15 is 0 Å². The molecule has 0 saturated carbocycles. The number of aromatic nitrogens is 7. The summed E-state index contributed by atoms with van der Waals surface area (Å²) in [5.41, 5.74) is 6.28. The van der Waals surface area contributed by atoms with Crippen LogP contribution in [0.25, 0.3) is 33.7 Å².